The van der Waals surface area contributed by atoms with Crippen LogP contribution in [0.25, 0.3) is 0 Å². The minimum atomic E-state index is -1.21. The average molecular weight is 370 g/mol. The Morgan fingerprint density at radius 2 is 2.00 bits per heavy atom. The number of rotatable bonds is 3. The average Bonchev–Trinajstić information content (AvgIpc) is 3.12. The fraction of sp³-hybridized carbons (Fsp3) is 0.263. The van der Waals surface area contributed by atoms with E-state index in [4.69, 9.17) is 9.47 Å². The van der Waals surface area contributed by atoms with E-state index in [-0.39, 0.29) is 18.6 Å². The predicted molar refractivity (Wildman–Crippen MR) is 98.5 cm³/mol. The van der Waals surface area contributed by atoms with E-state index in [1.807, 2.05) is 42.5 Å². The van der Waals surface area contributed by atoms with Gasteiger partial charge in [-0.15, -0.1) is 0 Å². The normalized spacial score (nSPS) is 20.7. The number of carbonyl (C=O) groups excluding carboxylic acids is 2. The molecule has 0 aromatic heterocycles. The second-order valence-corrected chi connectivity index (χ2v) is 7.80. The molecule has 0 saturated carbocycles. The molecule has 7 heteroatoms. The number of fused-ring (bicyclic) bond motifs is 2. The Bertz CT molecular complexity index is 901. The summed E-state index contributed by atoms with van der Waals surface area (Å²) in [6.07, 6.45) is 0. The summed E-state index contributed by atoms with van der Waals surface area (Å²) < 4.78 is 9.43. The molecule has 2 aliphatic rings. The summed E-state index contributed by atoms with van der Waals surface area (Å²) in [5.41, 5.74) is 1.71. The van der Waals surface area contributed by atoms with Crippen molar-refractivity contribution in [1.29, 1.82) is 0 Å². The molecule has 134 valence electrons. The van der Waals surface area contributed by atoms with Crippen LogP contribution in [0, 0.1) is 0 Å². The van der Waals surface area contributed by atoms with E-state index in [9.17, 15) is 9.59 Å². The number of amides is 2. The lowest BCUT2D eigenvalue weighted by molar-refractivity contribution is -0.131. The fourth-order valence-electron chi connectivity index (χ4n) is 3.06. The van der Waals surface area contributed by atoms with Crippen LogP contribution >= 0.6 is 11.8 Å². The van der Waals surface area contributed by atoms with E-state index >= 15 is 0 Å². The minimum Gasteiger partial charge on any atom is -0.454 e. The van der Waals surface area contributed by atoms with Crippen LogP contribution in [0.3, 0.4) is 0 Å². The van der Waals surface area contributed by atoms with Crippen molar-refractivity contribution in [3.8, 4) is 11.5 Å². The van der Waals surface area contributed by atoms with Gasteiger partial charge in [-0.25, -0.2) is 0 Å². The highest BCUT2D eigenvalue weighted by Crippen LogP contribution is 2.44. The summed E-state index contributed by atoms with van der Waals surface area (Å²) >= 11 is 1.29. The first kappa shape index (κ1) is 16.8. The van der Waals surface area contributed by atoms with E-state index in [0.29, 0.717) is 18.0 Å². The van der Waals surface area contributed by atoms with Crippen molar-refractivity contribution in [2.24, 2.45) is 0 Å². The molecule has 0 radical (unpaired) electrons. The van der Waals surface area contributed by atoms with Gasteiger partial charge < -0.3 is 19.7 Å². The standard InChI is InChI=1S/C19H18N2O4S/c1-19(18(23)21(2)13-5-3-4-6-16(13)26-19)17(22)20-10-12-7-8-14-15(9-12)25-11-24-14/h3-9H,10-11H2,1-2H3,(H,20,22). The van der Waals surface area contributed by atoms with Gasteiger partial charge >= 0.3 is 0 Å². The number of thioether (sulfide) groups is 1. The van der Waals surface area contributed by atoms with Gasteiger partial charge in [0.15, 0.2) is 16.2 Å². The molecule has 0 saturated heterocycles. The molecule has 0 bridgehead atoms. The van der Waals surface area contributed by atoms with Gasteiger partial charge in [-0.2, -0.15) is 0 Å². The number of nitrogens with zero attached hydrogens (tertiary/aromatic N) is 1. The zero-order chi connectivity index (χ0) is 18.3. The van der Waals surface area contributed by atoms with Crippen molar-refractivity contribution in [2.45, 2.75) is 23.1 Å². The quantitative estimate of drug-likeness (QED) is 0.841. The molecule has 2 aliphatic heterocycles. The van der Waals surface area contributed by atoms with Gasteiger partial charge in [-0.1, -0.05) is 30.0 Å². The zero-order valence-electron chi connectivity index (χ0n) is 14.4. The molecule has 0 spiro atoms. The highest BCUT2D eigenvalue weighted by Gasteiger charge is 2.48. The zero-order valence-corrected chi connectivity index (χ0v) is 15.3. The van der Waals surface area contributed by atoms with Crippen LogP contribution in [0.2, 0.25) is 0 Å². The molecule has 2 aromatic rings. The highest BCUT2D eigenvalue weighted by molar-refractivity contribution is 8.02. The molecule has 2 amide bonds. The lowest BCUT2D eigenvalue weighted by Gasteiger charge is -2.36. The number of hydrogen-bond donors (Lipinski definition) is 1. The van der Waals surface area contributed by atoms with E-state index in [1.54, 1.807) is 18.9 Å². The summed E-state index contributed by atoms with van der Waals surface area (Å²) in [4.78, 5) is 28.1. The molecule has 26 heavy (non-hydrogen) atoms. The summed E-state index contributed by atoms with van der Waals surface area (Å²) in [6, 6.07) is 13.1. The number of nitrogens with one attached hydrogen (secondary N) is 1. The maximum Gasteiger partial charge on any atom is 0.252 e. The molecule has 6 nitrogen and oxygen atoms in total. The van der Waals surface area contributed by atoms with E-state index in [0.717, 1.165) is 16.1 Å². The molecule has 1 N–H and O–H groups in total. The Balaban J connectivity index is 1.51. The van der Waals surface area contributed by atoms with E-state index < -0.39 is 4.75 Å². The lowest BCUT2D eigenvalue weighted by atomic mass is 10.1. The first-order chi connectivity index (χ1) is 12.5. The molecule has 0 fully saturated rings. The number of benzene rings is 2. The number of ether oxygens (including phenoxy) is 2. The Hall–Kier alpha value is -2.67. The molecule has 1 atom stereocenters. The van der Waals surface area contributed by atoms with Gasteiger partial charge in [0.05, 0.1) is 5.69 Å². The SMILES string of the molecule is CN1C(=O)C(C)(C(=O)NCc2ccc3c(c2)OCO3)Sc2ccccc21. The molecule has 4 rings (SSSR count). The molecule has 1 unspecified atom stereocenters. The van der Waals surface area contributed by atoms with Gasteiger partial charge in [0.25, 0.3) is 5.91 Å². The van der Waals surface area contributed by atoms with Gasteiger partial charge in [-0.05, 0) is 36.8 Å². The van der Waals surface area contributed by atoms with E-state index in [2.05, 4.69) is 5.32 Å². The van der Waals surface area contributed by atoms with Crippen LogP contribution in [0.1, 0.15) is 12.5 Å². The maximum absolute atomic E-state index is 12.9. The van der Waals surface area contributed by atoms with Crippen LogP contribution < -0.4 is 19.7 Å². The third-order valence-electron chi connectivity index (χ3n) is 4.58. The Labute approximate surface area is 155 Å². The topological polar surface area (TPSA) is 67.9 Å². The first-order valence-electron chi connectivity index (χ1n) is 8.22. The summed E-state index contributed by atoms with van der Waals surface area (Å²) in [6.45, 7) is 2.19. The van der Waals surface area contributed by atoms with E-state index in [1.165, 1.54) is 11.8 Å². The van der Waals surface area contributed by atoms with Gasteiger partial charge in [-0.3, -0.25) is 9.59 Å². The van der Waals surface area contributed by atoms with Crippen molar-refractivity contribution < 1.29 is 19.1 Å². The third kappa shape index (κ3) is 2.68. The van der Waals surface area contributed by atoms with Crippen LogP contribution in [-0.4, -0.2) is 30.4 Å². The molecule has 0 aliphatic carbocycles. The van der Waals surface area contributed by atoms with Gasteiger partial charge in [0.2, 0.25) is 12.7 Å². The maximum atomic E-state index is 12.9. The van der Waals surface area contributed by atoms with Gasteiger partial charge in [0.1, 0.15) is 0 Å². The predicted octanol–water partition coefficient (Wildman–Crippen LogP) is 2.56. The lowest BCUT2D eigenvalue weighted by Crippen LogP contribution is -2.55. The molecule has 2 aromatic carbocycles. The van der Waals surface area contributed by atoms with Crippen LogP contribution in [0.15, 0.2) is 47.4 Å². The molecular weight excluding hydrogens is 352 g/mol. The molecule has 2 heterocycles. The Kier molecular flexibility index (Phi) is 4.03. The van der Waals surface area contributed by atoms with Crippen molar-refractivity contribution in [2.75, 3.05) is 18.7 Å². The number of anilines is 1. The number of carbonyl (C=O) groups is 2. The Morgan fingerprint density at radius 3 is 2.85 bits per heavy atom. The first-order valence-corrected chi connectivity index (χ1v) is 9.04. The monoisotopic (exact) mass is 370 g/mol. The Morgan fingerprint density at radius 1 is 1.23 bits per heavy atom. The van der Waals surface area contributed by atoms with Crippen LogP contribution in [0.4, 0.5) is 5.69 Å². The number of hydrogen-bond acceptors (Lipinski definition) is 5. The summed E-state index contributed by atoms with van der Waals surface area (Å²) in [7, 11) is 1.70. The third-order valence-corrected chi connectivity index (χ3v) is 5.91. The smallest absolute Gasteiger partial charge is 0.252 e. The van der Waals surface area contributed by atoms with Crippen LogP contribution in [-0.2, 0) is 16.1 Å². The minimum absolute atomic E-state index is 0.208. The largest absolute Gasteiger partial charge is 0.454 e. The van der Waals surface area contributed by atoms with Crippen LogP contribution in [0.5, 0.6) is 11.5 Å². The van der Waals surface area contributed by atoms with Crippen molar-refractivity contribution in [3.63, 3.8) is 0 Å². The number of para-hydroxylation sites is 1. The summed E-state index contributed by atoms with van der Waals surface area (Å²) in [5.74, 6) is 0.818. The summed E-state index contributed by atoms with van der Waals surface area (Å²) in [5, 5.41) is 2.88. The fourth-order valence-corrected chi connectivity index (χ4v) is 4.34. The van der Waals surface area contributed by atoms with Crippen molar-refractivity contribution >= 4 is 29.3 Å². The molecular formula is C19H18N2O4S. The highest BCUT2D eigenvalue weighted by atomic mass is 32.2. The van der Waals surface area contributed by atoms with Gasteiger partial charge in [0, 0.05) is 18.5 Å². The second-order valence-electron chi connectivity index (χ2n) is 6.34. The van der Waals surface area contributed by atoms with Crippen molar-refractivity contribution in [1.82, 2.24) is 5.32 Å². The van der Waals surface area contributed by atoms with Crippen molar-refractivity contribution in [3.05, 3.63) is 48.0 Å². The second kappa shape index (κ2) is 6.25.